The second-order valence-corrected chi connectivity index (χ2v) is 7.50. The molecule has 0 atom stereocenters. The van der Waals surface area contributed by atoms with E-state index in [1.807, 2.05) is 20.8 Å². The summed E-state index contributed by atoms with van der Waals surface area (Å²) in [5.74, 6) is 0.964. The molecule has 0 unspecified atom stereocenters. The van der Waals surface area contributed by atoms with Crippen LogP contribution in [0.5, 0.6) is 11.5 Å². The van der Waals surface area contributed by atoms with Gasteiger partial charge < -0.3 is 20.1 Å². The molecule has 0 saturated carbocycles. The van der Waals surface area contributed by atoms with Crippen molar-refractivity contribution in [3.05, 3.63) is 29.3 Å². The molecule has 0 radical (unpaired) electrons. The van der Waals surface area contributed by atoms with Gasteiger partial charge in [0.25, 0.3) is 0 Å². The average molecular weight is 361 g/mol. The third kappa shape index (κ3) is 4.27. The van der Waals surface area contributed by atoms with Gasteiger partial charge in [0, 0.05) is 22.5 Å². The minimum absolute atomic E-state index is 0.113. The van der Waals surface area contributed by atoms with E-state index in [1.165, 1.54) is 11.3 Å². The van der Waals surface area contributed by atoms with Crippen molar-refractivity contribution in [3.63, 3.8) is 0 Å². The summed E-state index contributed by atoms with van der Waals surface area (Å²) in [6.45, 7) is 5.68. The second-order valence-electron chi connectivity index (χ2n) is 6.64. The van der Waals surface area contributed by atoms with Crippen LogP contribution in [0.3, 0.4) is 0 Å². The van der Waals surface area contributed by atoms with Crippen LogP contribution < -0.4 is 20.1 Å². The number of nitrogens with zero attached hydrogens (tertiary/aromatic N) is 1. The van der Waals surface area contributed by atoms with Gasteiger partial charge in [-0.1, -0.05) is 20.8 Å². The number of carbonyl (C=O) groups excluding carboxylic acids is 2. The highest BCUT2D eigenvalue weighted by atomic mass is 32.1. The highest BCUT2D eigenvalue weighted by Crippen LogP contribution is 2.34. The Labute approximate surface area is 149 Å². The lowest BCUT2D eigenvalue weighted by Gasteiger charge is -2.15. The maximum absolute atomic E-state index is 12.2. The van der Waals surface area contributed by atoms with Crippen LogP contribution in [0, 0.1) is 5.41 Å². The van der Waals surface area contributed by atoms with Gasteiger partial charge in [0.05, 0.1) is 12.1 Å². The first-order chi connectivity index (χ1) is 11.8. The van der Waals surface area contributed by atoms with E-state index in [-0.39, 0.29) is 25.0 Å². The van der Waals surface area contributed by atoms with Gasteiger partial charge in [-0.25, -0.2) is 4.98 Å². The Kier molecular flexibility index (Phi) is 4.63. The molecule has 2 amide bonds. The minimum Gasteiger partial charge on any atom is -0.454 e. The lowest BCUT2D eigenvalue weighted by atomic mass is 9.96. The van der Waals surface area contributed by atoms with Gasteiger partial charge in [0.15, 0.2) is 16.6 Å². The summed E-state index contributed by atoms with van der Waals surface area (Å²) < 4.78 is 10.5. The number of thiazole rings is 1. The Hall–Kier alpha value is -2.61. The molecule has 132 valence electrons. The number of amides is 2. The minimum atomic E-state index is -0.497. The highest BCUT2D eigenvalue weighted by Gasteiger charge is 2.22. The molecular formula is C17H19N3O4S. The molecule has 1 aromatic heterocycles. The van der Waals surface area contributed by atoms with Crippen molar-refractivity contribution in [2.24, 2.45) is 5.41 Å². The quantitative estimate of drug-likeness (QED) is 0.874. The molecule has 0 spiro atoms. The normalized spacial score (nSPS) is 12.8. The van der Waals surface area contributed by atoms with E-state index in [0.717, 1.165) is 0 Å². The third-order valence-electron chi connectivity index (χ3n) is 3.45. The maximum atomic E-state index is 12.2. The fraction of sp³-hybridized carbons (Fsp3) is 0.353. The number of carbonyl (C=O) groups is 2. The Morgan fingerprint density at radius 2 is 1.96 bits per heavy atom. The first-order valence-corrected chi connectivity index (χ1v) is 8.64. The summed E-state index contributed by atoms with van der Waals surface area (Å²) in [7, 11) is 0. The summed E-state index contributed by atoms with van der Waals surface area (Å²) >= 11 is 1.30. The van der Waals surface area contributed by atoms with Crippen LogP contribution in [-0.4, -0.2) is 23.6 Å². The van der Waals surface area contributed by atoms with Crippen molar-refractivity contribution in [2.75, 3.05) is 17.4 Å². The number of hydrogen-bond donors (Lipinski definition) is 2. The van der Waals surface area contributed by atoms with Gasteiger partial charge in [0.2, 0.25) is 18.6 Å². The van der Waals surface area contributed by atoms with Gasteiger partial charge in [-0.15, -0.1) is 11.3 Å². The first-order valence-electron chi connectivity index (χ1n) is 7.76. The standard InChI is InChI=1S/C17H19N3O4S/c1-17(2,3)15(22)20-16-19-11(8-25-16)7-14(21)18-10-4-5-12-13(6-10)24-9-23-12/h4-6,8H,7,9H2,1-3H3,(H,18,21)(H,19,20,22). The summed E-state index contributed by atoms with van der Waals surface area (Å²) in [5.41, 5.74) is 0.737. The van der Waals surface area contributed by atoms with Crippen molar-refractivity contribution in [3.8, 4) is 11.5 Å². The zero-order chi connectivity index (χ0) is 18.0. The smallest absolute Gasteiger partial charge is 0.231 e. The van der Waals surface area contributed by atoms with Crippen LogP contribution in [0.4, 0.5) is 10.8 Å². The number of benzene rings is 1. The molecule has 2 aromatic rings. The van der Waals surface area contributed by atoms with Gasteiger partial charge >= 0.3 is 0 Å². The van der Waals surface area contributed by atoms with Gasteiger partial charge in [-0.2, -0.15) is 0 Å². The molecule has 0 saturated heterocycles. The third-order valence-corrected chi connectivity index (χ3v) is 4.26. The second kappa shape index (κ2) is 6.72. The zero-order valence-corrected chi connectivity index (χ0v) is 15.0. The molecule has 1 aliphatic rings. The predicted octanol–water partition coefficient (Wildman–Crippen LogP) is 3.04. The van der Waals surface area contributed by atoms with Crippen LogP contribution in [0.2, 0.25) is 0 Å². The number of nitrogens with one attached hydrogen (secondary N) is 2. The van der Waals surface area contributed by atoms with E-state index in [9.17, 15) is 9.59 Å². The molecule has 25 heavy (non-hydrogen) atoms. The summed E-state index contributed by atoms with van der Waals surface area (Å²) in [5, 5.41) is 7.81. The topological polar surface area (TPSA) is 89.6 Å². The molecule has 3 rings (SSSR count). The van der Waals surface area contributed by atoms with Crippen LogP contribution in [0.1, 0.15) is 26.5 Å². The predicted molar refractivity (Wildman–Crippen MR) is 95.1 cm³/mol. The van der Waals surface area contributed by atoms with Crippen molar-refractivity contribution >= 4 is 34.0 Å². The van der Waals surface area contributed by atoms with Crippen molar-refractivity contribution in [1.82, 2.24) is 4.98 Å². The lowest BCUT2D eigenvalue weighted by molar-refractivity contribution is -0.123. The van der Waals surface area contributed by atoms with Crippen LogP contribution in [-0.2, 0) is 16.0 Å². The van der Waals surface area contributed by atoms with Crippen molar-refractivity contribution in [1.29, 1.82) is 0 Å². The Bertz CT molecular complexity index is 810. The Balaban J connectivity index is 1.57. The van der Waals surface area contributed by atoms with Crippen LogP contribution >= 0.6 is 11.3 Å². The van der Waals surface area contributed by atoms with Gasteiger partial charge in [-0.05, 0) is 12.1 Å². The number of ether oxygens (including phenoxy) is 2. The van der Waals surface area contributed by atoms with E-state index in [1.54, 1.807) is 23.6 Å². The fourth-order valence-electron chi connectivity index (χ4n) is 2.07. The van der Waals surface area contributed by atoms with Gasteiger partial charge in [-0.3, -0.25) is 9.59 Å². The number of rotatable bonds is 4. The molecule has 2 heterocycles. The number of aromatic nitrogens is 1. The molecule has 2 N–H and O–H groups in total. The number of anilines is 2. The molecule has 1 aromatic carbocycles. The molecule has 0 bridgehead atoms. The highest BCUT2D eigenvalue weighted by molar-refractivity contribution is 7.13. The van der Waals surface area contributed by atoms with Crippen LogP contribution in [0.15, 0.2) is 23.6 Å². The monoisotopic (exact) mass is 361 g/mol. The Morgan fingerprint density at radius 1 is 1.20 bits per heavy atom. The van der Waals surface area contributed by atoms with Crippen LogP contribution in [0.25, 0.3) is 0 Å². The van der Waals surface area contributed by atoms with Gasteiger partial charge in [0.1, 0.15) is 0 Å². The number of hydrogen-bond acceptors (Lipinski definition) is 6. The summed E-state index contributed by atoms with van der Waals surface area (Å²) in [4.78, 5) is 28.4. The average Bonchev–Trinajstić information content (AvgIpc) is 3.15. The zero-order valence-electron chi connectivity index (χ0n) is 14.2. The molecule has 8 heteroatoms. The summed E-state index contributed by atoms with van der Waals surface area (Å²) in [6.07, 6.45) is 0.121. The van der Waals surface area contributed by atoms with Crippen molar-refractivity contribution in [2.45, 2.75) is 27.2 Å². The van der Waals surface area contributed by atoms with Crippen molar-refractivity contribution < 1.29 is 19.1 Å². The van der Waals surface area contributed by atoms with E-state index < -0.39 is 5.41 Å². The largest absolute Gasteiger partial charge is 0.454 e. The fourth-order valence-corrected chi connectivity index (χ4v) is 2.78. The molecule has 7 nitrogen and oxygen atoms in total. The number of fused-ring (bicyclic) bond motifs is 1. The summed E-state index contributed by atoms with van der Waals surface area (Å²) in [6, 6.07) is 5.22. The molecule has 0 aliphatic carbocycles. The molecule has 1 aliphatic heterocycles. The first kappa shape index (κ1) is 17.2. The van der Waals surface area contributed by atoms with E-state index in [0.29, 0.717) is 28.0 Å². The lowest BCUT2D eigenvalue weighted by Crippen LogP contribution is -2.27. The SMILES string of the molecule is CC(C)(C)C(=O)Nc1nc(CC(=O)Nc2ccc3c(c2)OCO3)cs1. The Morgan fingerprint density at radius 3 is 2.72 bits per heavy atom. The van der Waals surface area contributed by atoms with E-state index in [4.69, 9.17) is 9.47 Å². The molecule has 0 fully saturated rings. The maximum Gasteiger partial charge on any atom is 0.231 e. The van der Waals surface area contributed by atoms with E-state index in [2.05, 4.69) is 15.6 Å². The van der Waals surface area contributed by atoms with E-state index >= 15 is 0 Å². The molecular weight excluding hydrogens is 342 g/mol.